The molecule has 0 saturated carbocycles. The second kappa shape index (κ2) is 4.50. The molecule has 1 aliphatic heterocycles. The van der Waals surface area contributed by atoms with Gasteiger partial charge in [-0.15, -0.1) is 5.10 Å². The zero-order valence-corrected chi connectivity index (χ0v) is 8.85. The Morgan fingerprint density at radius 2 is 2.24 bits per heavy atom. The normalized spacial score (nSPS) is 28.1. The molecule has 0 aromatic carbocycles. The highest BCUT2D eigenvalue weighted by Gasteiger charge is 2.42. The molecule has 3 N–H and O–H groups in total. The molecule has 0 aliphatic carbocycles. The largest absolute Gasteiger partial charge is 0.481 e. The molecule has 2 heterocycles. The zero-order chi connectivity index (χ0) is 12.4. The van der Waals surface area contributed by atoms with Gasteiger partial charge in [0, 0.05) is 18.7 Å². The lowest BCUT2D eigenvalue weighted by atomic mass is 9.93. The Kier molecular flexibility index (Phi) is 3.05. The van der Waals surface area contributed by atoms with Crippen LogP contribution in [0.25, 0.3) is 0 Å². The van der Waals surface area contributed by atoms with E-state index in [0.29, 0.717) is 6.54 Å². The van der Waals surface area contributed by atoms with Crippen LogP contribution >= 0.6 is 0 Å². The third-order valence-corrected chi connectivity index (χ3v) is 2.93. The van der Waals surface area contributed by atoms with Gasteiger partial charge in [-0.05, 0) is 0 Å². The average molecular weight is 240 g/mol. The number of nitrogens with one attached hydrogen (secondary N) is 1. The van der Waals surface area contributed by atoms with Gasteiger partial charge in [-0.3, -0.25) is 9.59 Å². The van der Waals surface area contributed by atoms with E-state index in [1.807, 2.05) is 0 Å². The van der Waals surface area contributed by atoms with Crippen LogP contribution in [-0.2, 0) is 9.59 Å². The van der Waals surface area contributed by atoms with Gasteiger partial charge in [0.1, 0.15) is 6.04 Å². The number of carboxylic acid groups (broad SMARTS) is 2. The second-order valence-corrected chi connectivity index (χ2v) is 3.94. The predicted octanol–water partition coefficient (Wildman–Crippen LogP) is -1.03. The number of hydrogen-bond acceptors (Lipinski definition) is 5. The topological polar surface area (TPSA) is 117 Å². The molecular formula is C9H12N4O4. The van der Waals surface area contributed by atoms with E-state index in [9.17, 15) is 9.59 Å². The van der Waals surface area contributed by atoms with E-state index < -0.39 is 23.9 Å². The molecule has 1 fully saturated rings. The number of aliphatic carboxylic acids is 2. The van der Waals surface area contributed by atoms with Gasteiger partial charge in [0.2, 0.25) is 0 Å². The highest BCUT2D eigenvalue weighted by Crippen LogP contribution is 2.29. The number of aromatic nitrogens is 3. The zero-order valence-electron chi connectivity index (χ0n) is 8.85. The molecule has 92 valence electrons. The lowest BCUT2D eigenvalue weighted by molar-refractivity contribution is -0.142. The van der Waals surface area contributed by atoms with Crippen LogP contribution in [0.4, 0.5) is 0 Å². The van der Waals surface area contributed by atoms with Gasteiger partial charge in [0.15, 0.2) is 0 Å². The number of hydrogen-bond donors (Lipinski definition) is 3. The fourth-order valence-corrected chi connectivity index (χ4v) is 2.18. The number of carboxylic acids is 2. The number of carbonyl (C=O) groups is 2. The first kappa shape index (κ1) is 11.5. The third kappa shape index (κ3) is 2.26. The summed E-state index contributed by atoms with van der Waals surface area (Å²) in [7, 11) is 0. The van der Waals surface area contributed by atoms with Crippen LogP contribution in [0, 0.1) is 5.92 Å². The molecule has 8 nitrogen and oxygen atoms in total. The maximum atomic E-state index is 11.0. The van der Waals surface area contributed by atoms with Crippen LogP contribution in [0.2, 0.25) is 0 Å². The summed E-state index contributed by atoms with van der Waals surface area (Å²) in [6.45, 7) is 0.373. The van der Waals surface area contributed by atoms with E-state index in [0.717, 1.165) is 0 Å². The van der Waals surface area contributed by atoms with Crippen molar-refractivity contribution in [2.75, 3.05) is 6.54 Å². The quantitative estimate of drug-likeness (QED) is 0.615. The smallest absolute Gasteiger partial charge is 0.321 e. The van der Waals surface area contributed by atoms with Gasteiger partial charge in [0.25, 0.3) is 0 Å². The molecule has 0 spiro atoms. The molecule has 0 unspecified atom stereocenters. The number of rotatable bonds is 4. The van der Waals surface area contributed by atoms with Gasteiger partial charge < -0.3 is 15.5 Å². The monoisotopic (exact) mass is 240 g/mol. The van der Waals surface area contributed by atoms with E-state index in [4.69, 9.17) is 10.2 Å². The molecule has 2 rings (SSSR count). The molecule has 0 bridgehead atoms. The lowest BCUT2D eigenvalue weighted by Gasteiger charge is -2.19. The van der Waals surface area contributed by atoms with Gasteiger partial charge in [0.05, 0.1) is 18.7 Å². The molecule has 0 amide bonds. The van der Waals surface area contributed by atoms with E-state index in [1.165, 1.54) is 10.9 Å². The minimum Gasteiger partial charge on any atom is -0.481 e. The van der Waals surface area contributed by atoms with Crippen molar-refractivity contribution in [3.63, 3.8) is 0 Å². The van der Waals surface area contributed by atoms with Crippen molar-refractivity contribution in [3.8, 4) is 0 Å². The second-order valence-electron chi connectivity index (χ2n) is 3.94. The molecule has 17 heavy (non-hydrogen) atoms. The summed E-state index contributed by atoms with van der Waals surface area (Å²) in [6.07, 6.45) is 2.87. The van der Waals surface area contributed by atoms with E-state index >= 15 is 0 Å². The Bertz CT molecular complexity index is 419. The third-order valence-electron chi connectivity index (χ3n) is 2.93. The summed E-state index contributed by atoms with van der Waals surface area (Å²) in [4.78, 5) is 21.8. The Morgan fingerprint density at radius 3 is 2.76 bits per heavy atom. The number of nitrogens with zero attached hydrogens (tertiary/aromatic N) is 3. The van der Waals surface area contributed by atoms with E-state index in [-0.39, 0.29) is 12.5 Å². The van der Waals surface area contributed by atoms with Crippen molar-refractivity contribution >= 4 is 11.9 Å². The summed E-state index contributed by atoms with van der Waals surface area (Å²) < 4.78 is 1.50. The lowest BCUT2D eigenvalue weighted by Crippen LogP contribution is -2.37. The fraction of sp³-hybridized carbons (Fsp3) is 0.556. The van der Waals surface area contributed by atoms with Gasteiger partial charge in [-0.25, -0.2) is 4.68 Å². The average Bonchev–Trinajstić information content (AvgIpc) is 2.83. The van der Waals surface area contributed by atoms with Crippen molar-refractivity contribution in [1.29, 1.82) is 0 Å². The minimum absolute atomic E-state index is 0.214. The molecule has 0 radical (unpaired) electrons. The highest BCUT2D eigenvalue weighted by molar-refractivity contribution is 5.76. The van der Waals surface area contributed by atoms with Crippen LogP contribution in [0.3, 0.4) is 0 Å². The first-order chi connectivity index (χ1) is 8.09. The van der Waals surface area contributed by atoms with E-state index in [2.05, 4.69) is 15.6 Å². The minimum atomic E-state index is -1.04. The summed E-state index contributed by atoms with van der Waals surface area (Å²) in [5.74, 6) is -2.60. The standard InChI is InChI=1S/C9H12N4O4/c14-7(15)3-5-6(13-2-1-11-12-13)4-10-8(5)9(16)17/h1-2,5-6,8,10H,3-4H2,(H,14,15)(H,16,17)/t5-,6-,8-/m0/s1. The van der Waals surface area contributed by atoms with Crippen molar-refractivity contribution in [3.05, 3.63) is 12.4 Å². The molecule has 1 aliphatic rings. The van der Waals surface area contributed by atoms with Crippen LogP contribution in [-0.4, -0.2) is 49.7 Å². The summed E-state index contributed by atoms with van der Waals surface area (Å²) in [6, 6.07) is -1.16. The van der Waals surface area contributed by atoms with Crippen LogP contribution in [0.15, 0.2) is 12.4 Å². The molecule has 8 heteroatoms. The Labute approximate surface area is 96.2 Å². The SMILES string of the molecule is O=C(O)C[C@@H]1[C@@H](C(=O)O)NC[C@@H]1n1ccnn1. The van der Waals surface area contributed by atoms with Crippen LogP contribution < -0.4 is 5.32 Å². The van der Waals surface area contributed by atoms with E-state index in [1.54, 1.807) is 6.20 Å². The summed E-state index contributed by atoms with van der Waals surface area (Å²) >= 11 is 0. The first-order valence-corrected chi connectivity index (χ1v) is 5.13. The van der Waals surface area contributed by atoms with Crippen molar-refractivity contribution in [2.24, 2.45) is 5.92 Å². The van der Waals surface area contributed by atoms with Crippen molar-refractivity contribution in [1.82, 2.24) is 20.3 Å². The molecule has 1 aromatic rings. The molecular weight excluding hydrogens is 228 g/mol. The summed E-state index contributed by atoms with van der Waals surface area (Å²) in [5, 5.41) is 28.1. The highest BCUT2D eigenvalue weighted by atomic mass is 16.4. The predicted molar refractivity (Wildman–Crippen MR) is 54.2 cm³/mol. The molecule has 1 aromatic heterocycles. The Balaban J connectivity index is 2.21. The summed E-state index contributed by atoms with van der Waals surface area (Å²) in [5.41, 5.74) is 0. The van der Waals surface area contributed by atoms with Crippen LogP contribution in [0.1, 0.15) is 12.5 Å². The maximum absolute atomic E-state index is 11.0. The van der Waals surface area contributed by atoms with Crippen molar-refractivity contribution in [2.45, 2.75) is 18.5 Å². The molecule has 3 atom stereocenters. The van der Waals surface area contributed by atoms with Crippen LogP contribution in [0.5, 0.6) is 0 Å². The fourth-order valence-electron chi connectivity index (χ4n) is 2.18. The molecule has 1 saturated heterocycles. The van der Waals surface area contributed by atoms with Gasteiger partial charge in [-0.1, -0.05) is 5.21 Å². The maximum Gasteiger partial charge on any atom is 0.321 e. The Morgan fingerprint density at radius 1 is 1.47 bits per heavy atom. The Hall–Kier alpha value is -1.96. The van der Waals surface area contributed by atoms with Gasteiger partial charge >= 0.3 is 11.9 Å². The first-order valence-electron chi connectivity index (χ1n) is 5.13. The van der Waals surface area contributed by atoms with Crippen molar-refractivity contribution < 1.29 is 19.8 Å². The van der Waals surface area contributed by atoms with Gasteiger partial charge in [-0.2, -0.15) is 0 Å².